The van der Waals surface area contributed by atoms with Crippen LogP contribution < -0.4 is 5.32 Å². The molecule has 20 heavy (non-hydrogen) atoms. The third-order valence-electron chi connectivity index (χ3n) is 2.40. The van der Waals surface area contributed by atoms with Gasteiger partial charge >= 0.3 is 6.01 Å². The first kappa shape index (κ1) is 12.5. The molecule has 0 fully saturated rings. The van der Waals surface area contributed by atoms with E-state index in [-0.39, 0.29) is 11.8 Å². The zero-order chi connectivity index (χ0) is 14.1. The summed E-state index contributed by atoms with van der Waals surface area (Å²) in [4.78, 5) is 16.8. The van der Waals surface area contributed by atoms with Gasteiger partial charge in [0.1, 0.15) is 4.88 Å². The second kappa shape index (κ2) is 4.85. The predicted molar refractivity (Wildman–Crippen MR) is 69.3 cm³/mol. The minimum Gasteiger partial charge on any atom is -0.402 e. The number of hydrogen-bond donors (Lipinski definition) is 1. The van der Waals surface area contributed by atoms with Crippen molar-refractivity contribution in [3.8, 4) is 10.8 Å². The summed E-state index contributed by atoms with van der Waals surface area (Å²) in [6, 6.07) is 1.43. The maximum atomic E-state index is 11.7. The fraction of sp³-hybridized carbons (Fsp3) is 0.182. The summed E-state index contributed by atoms with van der Waals surface area (Å²) >= 11 is 1.45. The lowest BCUT2D eigenvalue weighted by atomic mass is 10.4. The normalized spacial score (nSPS) is 10.7. The van der Waals surface area contributed by atoms with Crippen molar-refractivity contribution in [1.29, 1.82) is 0 Å². The van der Waals surface area contributed by atoms with Gasteiger partial charge in [-0.05, 0) is 13.8 Å². The Labute approximate surface area is 116 Å². The molecule has 0 saturated heterocycles. The molecule has 9 heteroatoms. The summed E-state index contributed by atoms with van der Waals surface area (Å²) in [5.74, 6) is -0.120. The van der Waals surface area contributed by atoms with Crippen molar-refractivity contribution in [1.82, 2.24) is 20.3 Å². The number of amides is 1. The zero-order valence-corrected chi connectivity index (χ0v) is 11.4. The Kier molecular flexibility index (Phi) is 3.03. The van der Waals surface area contributed by atoms with Crippen LogP contribution in [0.4, 0.5) is 6.01 Å². The van der Waals surface area contributed by atoms with Crippen molar-refractivity contribution in [3.05, 3.63) is 28.7 Å². The molecule has 0 bridgehead atoms. The number of thiazole rings is 1. The Bertz CT molecular complexity index is 746. The third kappa shape index (κ3) is 2.30. The van der Waals surface area contributed by atoms with Gasteiger partial charge in [-0.25, -0.2) is 4.98 Å². The minimum absolute atomic E-state index is 0.00754. The van der Waals surface area contributed by atoms with Crippen LogP contribution in [0, 0.1) is 13.8 Å². The van der Waals surface area contributed by atoms with Crippen LogP contribution in [0.15, 0.2) is 21.2 Å². The van der Waals surface area contributed by atoms with Crippen molar-refractivity contribution in [3.63, 3.8) is 0 Å². The predicted octanol–water partition coefficient (Wildman–Crippen LogP) is 2.05. The molecule has 3 aromatic rings. The number of aromatic nitrogens is 4. The molecule has 3 aromatic heterocycles. The lowest BCUT2D eigenvalue weighted by Gasteiger charge is -1.94. The molecular formula is C11H9N5O3S. The molecule has 1 N–H and O–H groups in total. The lowest BCUT2D eigenvalue weighted by Crippen LogP contribution is -2.11. The quantitative estimate of drug-likeness (QED) is 0.786. The molecule has 0 saturated carbocycles. The number of aryl methyl sites for hydroxylation is 2. The van der Waals surface area contributed by atoms with Gasteiger partial charge in [0.2, 0.25) is 5.76 Å². The maximum absolute atomic E-state index is 11.7. The van der Waals surface area contributed by atoms with Crippen molar-refractivity contribution in [2.24, 2.45) is 0 Å². The summed E-state index contributed by atoms with van der Waals surface area (Å²) in [7, 11) is 0. The summed E-state index contributed by atoms with van der Waals surface area (Å²) in [6.45, 7) is 3.75. The van der Waals surface area contributed by atoms with Crippen LogP contribution in [0.3, 0.4) is 0 Å². The van der Waals surface area contributed by atoms with E-state index in [9.17, 15) is 4.79 Å². The van der Waals surface area contributed by atoms with E-state index in [4.69, 9.17) is 8.94 Å². The van der Waals surface area contributed by atoms with E-state index in [1.54, 1.807) is 0 Å². The molecule has 102 valence electrons. The summed E-state index contributed by atoms with van der Waals surface area (Å²) in [5.41, 5.74) is 0.810. The first-order chi connectivity index (χ1) is 9.63. The smallest absolute Gasteiger partial charge is 0.322 e. The molecule has 0 aliphatic rings. The van der Waals surface area contributed by atoms with Gasteiger partial charge in [-0.3, -0.25) is 10.1 Å². The molecule has 0 atom stereocenters. The maximum Gasteiger partial charge on any atom is 0.322 e. The largest absolute Gasteiger partial charge is 0.402 e. The highest BCUT2D eigenvalue weighted by Gasteiger charge is 2.17. The molecule has 0 aromatic carbocycles. The van der Waals surface area contributed by atoms with Crippen molar-refractivity contribution in [2.45, 2.75) is 13.8 Å². The summed E-state index contributed by atoms with van der Waals surface area (Å²) < 4.78 is 10.1. The molecule has 1 amide bonds. The van der Waals surface area contributed by atoms with Crippen molar-refractivity contribution < 1.29 is 13.7 Å². The van der Waals surface area contributed by atoms with E-state index >= 15 is 0 Å². The highest BCUT2D eigenvalue weighted by atomic mass is 32.1. The van der Waals surface area contributed by atoms with Gasteiger partial charge < -0.3 is 8.94 Å². The molecule has 0 aliphatic heterocycles. The number of nitrogens with one attached hydrogen (secondary N) is 1. The average molecular weight is 291 g/mol. The fourth-order valence-electron chi connectivity index (χ4n) is 1.59. The summed E-state index contributed by atoms with van der Waals surface area (Å²) in [6.07, 6.45) is 1.37. The minimum atomic E-state index is -0.505. The van der Waals surface area contributed by atoms with E-state index in [2.05, 4.69) is 25.7 Å². The highest BCUT2D eigenvalue weighted by Crippen LogP contribution is 2.29. The van der Waals surface area contributed by atoms with E-state index in [1.807, 2.05) is 13.8 Å². The Morgan fingerprint density at radius 3 is 2.85 bits per heavy atom. The van der Waals surface area contributed by atoms with Crippen molar-refractivity contribution in [2.75, 3.05) is 5.32 Å². The SMILES string of the molecule is Cc1nc(C)c(-c2nnc(NC(=O)c3ccno3)o2)s1. The first-order valence-electron chi connectivity index (χ1n) is 5.63. The lowest BCUT2D eigenvalue weighted by molar-refractivity contribution is 0.0985. The molecule has 0 aliphatic carbocycles. The average Bonchev–Trinajstić information content (AvgIpc) is 3.10. The Hall–Kier alpha value is -2.55. The van der Waals surface area contributed by atoms with Gasteiger partial charge in [0.25, 0.3) is 11.8 Å². The Morgan fingerprint density at radius 2 is 2.20 bits per heavy atom. The number of nitrogens with zero attached hydrogens (tertiary/aromatic N) is 4. The van der Waals surface area contributed by atoms with Gasteiger partial charge in [-0.2, -0.15) is 0 Å². The van der Waals surface area contributed by atoms with Crippen LogP contribution >= 0.6 is 11.3 Å². The molecule has 3 heterocycles. The standard InChI is InChI=1S/C11H9N5O3S/c1-5-8(20-6(2)13-5)10-15-16-11(18-10)14-9(17)7-3-4-12-19-7/h3-4H,1-2H3,(H,14,16,17). The van der Waals surface area contributed by atoms with Crippen LogP contribution in [0.2, 0.25) is 0 Å². The first-order valence-corrected chi connectivity index (χ1v) is 6.45. The second-order valence-corrected chi connectivity index (χ2v) is 5.09. The Morgan fingerprint density at radius 1 is 1.35 bits per heavy atom. The third-order valence-corrected chi connectivity index (χ3v) is 3.47. The van der Waals surface area contributed by atoms with Crippen molar-refractivity contribution >= 4 is 23.3 Å². The van der Waals surface area contributed by atoms with Crippen LogP contribution in [-0.2, 0) is 0 Å². The van der Waals surface area contributed by atoms with E-state index < -0.39 is 5.91 Å². The van der Waals surface area contributed by atoms with Gasteiger partial charge in [0.05, 0.1) is 16.9 Å². The second-order valence-electron chi connectivity index (χ2n) is 3.89. The molecule has 3 rings (SSSR count). The molecule has 0 unspecified atom stereocenters. The molecular weight excluding hydrogens is 282 g/mol. The molecule has 8 nitrogen and oxygen atoms in total. The van der Waals surface area contributed by atoms with Gasteiger partial charge in [0.15, 0.2) is 0 Å². The molecule has 0 radical (unpaired) electrons. The topological polar surface area (TPSA) is 107 Å². The highest BCUT2D eigenvalue weighted by molar-refractivity contribution is 7.15. The Balaban J connectivity index is 1.81. The number of rotatable bonds is 3. The van der Waals surface area contributed by atoms with Gasteiger partial charge in [-0.15, -0.1) is 16.4 Å². The fourth-order valence-corrected chi connectivity index (χ4v) is 2.43. The summed E-state index contributed by atoms with van der Waals surface area (Å²) in [5, 5.41) is 14.4. The van der Waals surface area contributed by atoms with Crippen LogP contribution in [0.5, 0.6) is 0 Å². The number of anilines is 1. The van der Waals surface area contributed by atoms with Gasteiger partial charge in [-0.1, -0.05) is 10.3 Å². The van der Waals surface area contributed by atoms with Crippen LogP contribution in [0.25, 0.3) is 10.8 Å². The monoisotopic (exact) mass is 291 g/mol. The van der Waals surface area contributed by atoms with E-state index in [0.29, 0.717) is 5.89 Å². The van der Waals surface area contributed by atoms with Crippen LogP contribution in [-0.4, -0.2) is 26.2 Å². The molecule has 0 spiro atoms. The zero-order valence-electron chi connectivity index (χ0n) is 10.6. The van der Waals surface area contributed by atoms with E-state index in [0.717, 1.165) is 15.6 Å². The van der Waals surface area contributed by atoms with Gasteiger partial charge in [0, 0.05) is 6.07 Å². The number of carbonyl (C=O) groups is 1. The van der Waals surface area contributed by atoms with E-state index in [1.165, 1.54) is 23.6 Å². The van der Waals surface area contributed by atoms with Crippen LogP contribution in [0.1, 0.15) is 21.3 Å². The number of carbonyl (C=O) groups excluding carboxylic acids is 1. The number of hydrogen-bond acceptors (Lipinski definition) is 8.